The predicted molar refractivity (Wildman–Crippen MR) is 115 cm³/mol. The van der Waals surface area contributed by atoms with Crippen LogP contribution in [0.2, 0.25) is 0 Å². The Morgan fingerprint density at radius 2 is 1.69 bits per heavy atom. The van der Waals surface area contributed by atoms with Gasteiger partial charge in [0, 0.05) is 31.5 Å². The number of hydrogen-bond donors (Lipinski definition) is 0. The van der Waals surface area contributed by atoms with Crippen LogP contribution < -0.4 is 11.2 Å². The number of aryl methyl sites for hydroxylation is 4. The highest BCUT2D eigenvalue weighted by atomic mass is 16.2. The van der Waals surface area contributed by atoms with Gasteiger partial charge in [0.1, 0.15) is 0 Å². The van der Waals surface area contributed by atoms with E-state index >= 15 is 0 Å². The van der Waals surface area contributed by atoms with Crippen LogP contribution >= 0.6 is 0 Å². The number of hydrogen-bond acceptors (Lipinski definition) is 3. The third-order valence-corrected chi connectivity index (χ3v) is 5.77. The van der Waals surface area contributed by atoms with Crippen molar-refractivity contribution in [2.24, 2.45) is 7.05 Å². The molecule has 3 aromatic heterocycles. The van der Waals surface area contributed by atoms with Gasteiger partial charge in [-0.05, 0) is 38.7 Å². The topological polar surface area (TPSA) is 66.2 Å². The molecule has 0 atom stereocenters. The van der Waals surface area contributed by atoms with Gasteiger partial charge in [-0.3, -0.25) is 18.3 Å². The zero-order valence-electron chi connectivity index (χ0n) is 17.5. The Kier molecular flexibility index (Phi) is 4.90. The fourth-order valence-corrected chi connectivity index (χ4v) is 4.09. The Morgan fingerprint density at radius 3 is 2.38 bits per heavy atom. The molecule has 4 aromatic rings. The van der Waals surface area contributed by atoms with E-state index < -0.39 is 0 Å². The van der Waals surface area contributed by atoms with E-state index in [-0.39, 0.29) is 11.2 Å². The molecular formula is C22H27N5O2. The first kappa shape index (κ1) is 19.2. The van der Waals surface area contributed by atoms with Crippen molar-refractivity contribution in [1.29, 1.82) is 0 Å². The Morgan fingerprint density at radius 1 is 0.966 bits per heavy atom. The largest absolute Gasteiger partial charge is 0.332 e. The second kappa shape index (κ2) is 7.39. The molecule has 1 aromatic carbocycles. The van der Waals surface area contributed by atoms with Crippen LogP contribution in [0, 0.1) is 13.8 Å². The van der Waals surface area contributed by atoms with Crippen molar-refractivity contribution in [3.8, 4) is 0 Å². The predicted octanol–water partition coefficient (Wildman–Crippen LogP) is 2.81. The number of imidazole rings is 2. The molecule has 0 saturated heterocycles. The molecule has 7 heteroatoms. The quantitative estimate of drug-likeness (QED) is 0.506. The maximum atomic E-state index is 13.3. The summed E-state index contributed by atoms with van der Waals surface area (Å²) in [6.07, 6.45) is 2.51. The maximum absolute atomic E-state index is 13.3. The molecule has 0 radical (unpaired) electrons. The summed E-state index contributed by atoms with van der Waals surface area (Å²) in [5.41, 5.74) is 3.64. The van der Waals surface area contributed by atoms with Crippen molar-refractivity contribution in [3.05, 3.63) is 68.1 Å². The minimum atomic E-state index is -0.312. The number of aromatic nitrogens is 5. The summed E-state index contributed by atoms with van der Waals surface area (Å²) < 4.78 is 6.89. The van der Waals surface area contributed by atoms with Gasteiger partial charge in [0.15, 0.2) is 11.2 Å². The fraction of sp³-hybridized carbons (Fsp3) is 0.409. The molecular weight excluding hydrogens is 366 g/mol. The summed E-state index contributed by atoms with van der Waals surface area (Å²) in [5, 5.41) is 0. The van der Waals surface area contributed by atoms with Gasteiger partial charge < -0.3 is 4.57 Å². The van der Waals surface area contributed by atoms with Crippen molar-refractivity contribution in [2.45, 2.75) is 53.1 Å². The molecule has 0 saturated carbocycles. The van der Waals surface area contributed by atoms with E-state index in [0.717, 1.165) is 43.0 Å². The summed E-state index contributed by atoms with van der Waals surface area (Å²) >= 11 is 0. The molecule has 0 aliphatic rings. The van der Waals surface area contributed by atoms with Crippen LogP contribution in [0.4, 0.5) is 0 Å². The molecule has 3 heterocycles. The van der Waals surface area contributed by atoms with Crippen LogP contribution in [0.3, 0.4) is 0 Å². The smallest absolute Gasteiger partial charge is 0.314 e. The van der Waals surface area contributed by atoms with Crippen molar-refractivity contribution >= 4 is 16.9 Å². The van der Waals surface area contributed by atoms with Crippen LogP contribution in [0.5, 0.6) is 0 Å². The molecule has 0 amide bonds. The highest BCUT2D eigenvalue weighted by Gasteiger charge is 2.22. The molecule has 0 N–H and O–H groups in total. The monoisotopic (exact) mass is 393 g/mol. The van der Waals surface area contributed by atoms with E-state index in [1.54, 1.807) is 7.05 Å². The Bertz CT molecular complexity index is 1300. The molecule has 152 valence electrons. The van der Waals surface area contributed by atoms with E-state index in [9.17, 15) is 9.59 Å². The van der Waals surface area contributed by atoms with Crippen molar-refractivity contribution in [1.82, 2.24) is 23.1 Å². The summed E-state index contributed by atoms with van der Waals surface area (Å²) in [7, 11) is 1.69. The van der Waals surface area contributed by atoms with Crippen LogP contribution in [0.25, 0.3) is 16.9 Å². The van der Waals surface area contributed by atoms with Crippen LogP contribution in [-0.4, -0.2) is 23.1 Å². The second-order valence-electron chi connectivity index (χ2n) is 7.63. The van der Waals surface area contributed by atoms with Crippen molar-refractivity contribution < 1.29 is 0 Å². The molecule has 4 rings (SSSR count). The Hall–Kier alpha value is -3.09. The van der Waals surface area contributed by atoms with Crippen LogP contribution in [-0.2, 0) is 26.6 Å². The van der Waals surface area contributed by atoms with E-state index in [4.69, 9.17) is 0 Å². The summed E-state index contributed by atoms with van der Waals surface area (Å²) in [6.45, 7) is 7.37. The zero-order valence-corrected chi connectivity index (χ0v) is 17.5. The van der Waals surface area contributed by atoms with Gasteiger partial charge in [0.2, 0.25) is 5.78 Å². The average Bonchev–Trinajstić information content (AvgIpc) is 3.22. The van der Waals surface area contributed by atoms with Gasteiger partial charge in [-0.1, -0.05) is 37.3 Å². The third kappa shape index (κ3) is 3.01. The highest BCUT2D eigenvalue weighted by Crippen LogP contribution is 2.20. The van der Waals surface area contributed by atoms with E-state index in [0.29, 0.717) is 17.7 Å². The first-order valence-electron chi connectivity index (χ1n) is 10.2. The lowest BCUT2D eigenvalue weighted by Gasteiger charge is -2.08. The number of fused-ring (bicyclic) bond motifs is 3. The first-order chi connectivity index (χ1) is 14.0. The summed E-state index contributed by atoms with van der Waals surface area (Å²) in [5.74, 6) is 0.728. The number of rotatable bonds is 6. The second-order valence-corrected chi connectivity index (χ2v) is 7.63. The average molecular weight is 393 g/mol. The Balaban J connectivity index is 1.84. The molecule has 0 aliphatic carbocycles. The minimum absolute atomic E-state index is 0.264. The lowest BCUT2D eigenvalue weighted by Crippen LogP contribution is -2.39. The van der Waals surface area contributed by atoms with Gasteiger partial charge in [-0.2, -0.15) is 4.98 Å². The summed E-state index contributed by atoms with van der Waals surface area (Å²) in [4.78, 5) is 30.9. The van der Waals surface area contributed by atoms with Gasteiger partial charge in [0.05, 0.1) is 0 Å². The third-order valence-electron chi connectivity index (χ3n) is 5.77. The molecule has 29 heavy (non-hydrogen) atoms. The molecule has 0 spiro atoms. The van der Waals surface area contributed by atoms with Gasteiger partial charge in [-0.15, -0.1) is 0 Å². The Labute approximate surface area is 168 Å². The normalized spacial score (nSPS) is 11.7. The summed E-state index contributed by atoms with van der Waals surface area (Å²) in [6, 6.07) is 10.1. The van der Waals surface area contributed by atoms with Crippen LogP contribution in [0.15, 0.2) is 39.9 Å². The van der Waals surface area contributed by atoms with E-state index in [2.05, 4.69) is 28.6 Å². The zero-order chi connectivity index (χ0) is 20.7. The molecule has 0 unspecified atom stereocenters. The highest BCUT2D eigenvalue weighted by molar-refractivity contribution is 5.76. The van der Waals surface area contributed by atoms with E-state index in [1.165, 1.54) is 14.7 Å². The number of nitrogens with zero attached hydrogens (tertiary/aromatic N) is 5. The van der Waals surface area contributed by atoms with Gasteiger partial charge >= 0.3 is 5.69 Å². The van der Waals surface area contributed by atoms with Gasteiger partial charge in [-0.25, -0.2) is 4.79 Å². The van der Waals surface area contributed by atoms with Crippen LogP contribution in [0.1, 0.15) is 36.7 Å². The van der Waals surface area contributed by atoms with E-state index in [1.807, 2.05) is 36.4 Å². The maximum Gasteiger partial charge on any atom is 0.332 e. The lowest BCUT2D eigenvalue weighted by molar-refractivity contribution is 0.572. The van der Waals surface area contributed by atoms with Crippen molar-refractivity contribution in [2.75, 3.05) is 0 Å². The lowest BCUT2D eigenvalue weighted by atomic mass is 10.1. The number of benzene rings is 1. The molecule has 7 nitrogen and oxygen atoms in total. The standard InChI is InChI=1S/C22H27N5O2/c1-5-13-25-15(2)16(3)27-18-19(23-21(25)27)24(4)22(29)26(20(18)28)14-9-12-17-10-7-6-8-11-17/h6-8,10-11H,5,9,12-14H2,1-4H3. The SMILES string of the molecule is CCCn1c(C)c(C)n2c3c(=O)n(CCCc4ccccc4)c(=O)n(C)c3nc12. The minimum Gasteiger partial charge on any atom is -0.314 e. The fourth-order valence-electron chi connectivity index (χ4n) is 4.09. The van der Waals surface area contributed by atoms with Crippen molar-refractivity contribution in [3.63, 3.8) is 0 Å². The van der Waals surface area contributed by atoms with Gasteiger partial charge in [0.25, 0.3) is 5.56 Å². The molecule has 0 bridgehead atoms. The molecule has 0 fully saturated rings. The first-order valence-corrected chi connectivity index (χ1v) is 10.2. The molecule has 0 aliphatic heterocycles.